The van der Waals surface area contributed by atoms with E-state index >= 15 is 0 Å². The second-order valence-corrected chi connectivity index (χ2v) is 7.09. The largest absolute Gasteiger partial charge is 0.494 e. The van der Waals surface area contributed by atoms with Gasteiger partial charge in [-0.05, 0) is 36.7 Å². The van der Waals surface area contributed by atoms with Crippen molar-refractivity contribution in [3.8, 4) is 16.9 Å². The average Bonchev–Trinajstić information content (AvgIpc) is 3.46. The molecule has 0 radical (unpaired) electrons. The number of methoxy groups -OCH3 is 1. The summed E-state index contributed by atoms with van der Waals surface area (Å²) in [5.41, 5.74) is 1.42. The van der Waals surface area contributed by atoms with Gasteiger partial charge in [0.25, 0.3) is 5.91 Å². The van der Waals surface area contributed by atoms with E-state index in [2.05, 4.69) is 15.3 Å². The van der Waals surface area contributed by atoms with E-state index in [0.29, 0.717) is 27.5 Å². The summed E-state index contributed by atoms with van der Waals surface area (Å²) in [5, 5.41) is 18.9. The van der Waals surface area contributed by atoms with Gasteiger partial charge in [-0.3, -0.25) is 20.6 Å². The molecule has 9 heteroatoms. The van der Waals surface area contributed by atoms with Crippen LogP contribution < -0.4 is 10.1 Å². The quantitative estimate of drug-likeness (QED) is 0.420. The van der Waals surface area contributed by atoms with E-state index in [1.54, 1.807) is 12.1 Å². The number of hydrogen-bond donors (Lipinski definition) is 3. The van der Waals surface area contributed by atoms with Gasteiger partial charge in [-0.15, -0.1) is 0 Å². The van der Waals surface area contributed by atoms with Crippen LogP contribution in [0.3, 0.4) is 0 Å². The Bertz CT molecular complexity index is 885. The van der Waals surface area contributed by atoms with E-state index < -0.39 is 5.91 Å². The molecule has 1 aliphatic rings. The zero-order valence-corrected chi connectivity index (χ0v) is 15.4. The fourth-order valence-electron chi connectivity index (χ4n) is 2.33. The van der Waals surface area contributed by atoms with Crippen LogP contribution in [0, 0.1) is 16.7 Å². The van der Waals surface area contributed by atoms with Crippen LogP contribution in [0.15, 0.2) is 30.7 Å². The molecule has 3 rings (SSSR count). The first-order chi connectivity index (χ1) is 12.5. The van der Waals surface area contributed by atoms with Crippen molar-refractivity contribution in [1.29, 1.82) is 10.8 Å². The highest BCUT2D eigenvalue weighted by Gasteiger charge is 2.28. The molecule has 1 aliphatic carbocycles. The number of carbonyl (C=O) groups excluding carboxylic acids is 1. The van der Waals surface area contributed by atoms with E-state index in [0.717, 1.165) is 24.6 Å². The second-order valence-electron chi connectivity index (χ2n) is 5.65. The summed E-state index contributed by atoms with van der Waals surface area (Å²) < 4.78 is 5.30. The number of pyridine rings is 2. The number of nitrogens with zero attached hydrogens (tertiary/aromatic N) is 2. The molecular formula is C17H16ClN5O2S. The van der Waals surface area contributed by atoms with Crippen molar-refractivity contribution in [2.45, 2.75) is 12.8 Å². The SMILES string of the molecule is COc1cnc(Cl)cc1-c1cnccc1C(=O)NC(=N)SC(=N)C1CC1. The molecule has 2 aromatic heterocycles. The number of aromatic nitrogens is 2. The molecule has 134 valence electrons. The maximum absolute atomic E-state index is 12.6. The van der Waals surface area contributed by atoms with Gasteiger partial charge in [-0.25, -0.2) is 4.98 Å². The second kappa shape index (κ2) is 7.84. The number of thioether (sulfide) groups is 1. The third-order valence-corrected chi connectivity index (χ3v) is 4.86. The van der Waals surface area contributed by atoms with E-state index in [-0.39, 0.29) is 16.2 Å². The predicted molar refractivity (Wildman–Crippen MR) is 102 cm³/mol. The number of ether oxygens (including phenoxy) is 1. The lowest BCUT2D eigenvalue weighted by Crippen LogP contribution is -2.29. The molecule has 3 N–H and O–H groups in total. The van der Waals surface area contributed by atoms with Gasteiger partial charge in [0.15, 0.2) is 5.17 Å². The summed E-state index contributed by atoms with van der Waals surface area (Å²) >= 11 is 6.95. The number of hydrogen-bond acceptors (Lipinski definition) is 7. The number of carbonyl (C=O) groups is 1. The average molecular weight is 390 g/mol. The molecule has 1 amide bonds. The molecule has 2 heterocycles. The van der Waals surface area contributed by atoms with Gasteiger partial charge < -0.3 is 10.1 Å². The first-order valence-electron chi connectivity index (χ1n) is 7.79. The Morgan fingerprint density at radius 2 is 2.12 bits per heavy atom. The minimum atomic E-state index is -0.460. The van der Waals surface area contributed by atoms with Crippen LogP contribution in [0.25, 0.3) is 11.1 Å². The van der Waals surface area contributed by atoms with E-state index in [1.807, 2.05) is 0 Å². The normalized spacial score (nSPS) is 13.2. The monoisotopic (exact) mass is 389 g/mol. The van der Waals surface area contributed by atoms with Gasteiger partial charge >= 0.3 is 0 Å². The van der Waals surface area contributed by atoms with Crippen molar-refractivity contribution in [3.05, 3.63) is 41.4 Å². The van der Waals surface area contributed by atoms with Gasteiger partial charge in [0.05, 0.1) is 23.9 Å². The maximum Gasteiger partial charge on any atom is 0.257 e. The van der Waals surface area contributed by atoms with Crippen molar-refractivity contribution in [2.24, 2.45) is 5.92 Å². The van der Waals surface area contributed by atoms with Gasteiger partial charge in [0.1, 0.15) is 10.9 Å². The molecule has 0 aliphatic heterocycles. The number of amidine groups is 1. The lowest BCUT2D eigenvalue weighted by Gasteiger charge is -2.13. The van der Waals surface area contributed by atoms with Crippen molar-refractivity contribution in [1.82, 2.24) is 15.3 Å². The molecule has 2 aromatic rings. The van der Waals surface area contributed by atoms with E-state index in [1.165, 1.54) is 25.7 Å². The van der Waals surface area contributed by atoms with Crippen molar-refractivity contribution in [2.75, 3.05) is 7.11 Å². The highest BCUT2D eigenvalue weighted by atomic mass is 35.5. The molecule has 0 bridgehead atoms. The Balaban J connectivity index is 1.85. The zero-order valence-electron chi connectivity index (χ0n) is 13.9. The van der Waals surface area contributed by atoms with Gasteiger partial charge in [0, 0.05) is 29.4 Å². The van der Waals surface area contributed by atoms with Crippen LogP contribution in [0.5, 0.6) is 5.75 Å². The lowest BCUT2D eigenvalue weighted by molar-refractivity contribution is 0.0978. The van der Waals surface area contributed by atoms with Crippen LogP contribution in [0.2, 0.25) is 5.15 Å². The summed E-state index contributed by atoms with van der Waals surface area (Å²) in [4.78, 5) is 20.7. The van der Waals surface area contributed by atoms with Crippen LogP contribution in [-0.2, 0) is 0 Å². The summed E-state index contributed by atoms with van der Waals surface area (Å²) in [6, 6.07) is 3.15. The number of rotatable bonds is 4. The molecular weight excluding hydrogens is 374 g/mol. The Morgan fingerprint density at radius 1 is 1.35 bits per heavy atom. The smallest absolute Gasteiger partial charge is 0.257 e. The minimum absolute atomic E-state index is 0.0746. The van der Waals surface area contributed by atoms with Crippen LogP contribution in [-0.4, -0.2) is 33.2 Å². The predicted octanol–water partition coefficient (Wildman–Crippen LogP) is 3.59. The Morgan fingerprint density at radius 3 is 2.81 bits per heavy atom. The lowest BCUT2D eigenvalue weighted by atomic mass is 10.0. The third kappa shape index (κ3) is 4.20. The summed E-state index contributed by atoms with van der Waals surface area (Å²) in [7, 11) is 1.50. The summed E-state index contributed by atoms with van der Waals surface area (Å²) in [6.45, 7) is 0. The molecule has 1 fully saturated rings. The van der Waals surface area contributed by atoms with E-state index in [9.17, 15) is 4.79 Å². The molecule has 0 spiro atoms. The molecule has 0 atom stereocenters. The fourth-order valence-corrected chi connectivity index (χ4v) is 3.26. The van der Waals surface area contributed by atoms with Crippen molar-refractivity contribution >= 4 is 39.5 Å². The van der Waals surface area contributed by atoms with Crippen LogP contribution in [0.4, 0.5) is 0 Å². The Hall–Kier alpha value is -2.45. The Kier molecular flexibility index (Phi) is 5.53. The Labute approximate surface area is 159 Å². The van der Waals surface area contributed by atoms with Gasteiger partial charge in [-0.1, -0.05) is 11.6 Å². The number of halogens is 1. The summed E-state index contributed by atoms with van der Waals surface area (Å²) in [6.07, 6.45) is 6.46. The minimum Gasteiger partial charge on any atom is -0.494 e. The zero-order chi connectivity index (χ0) is 18.7. The molecule has 0 saturated heterocycles. The van der Waals surface area contributed by atoms with Gasteiger partial charge in [-0.2, -0.15) is 0 Å². The van der Waals surface area contributed by atoms with Crippen molar-refractivity contribution in [3.63, 3.8) is 0 Å². The van der Waals surface area contributed by atoms with Crippen LogP contribution >= 0.6 is 23.4 Å². The van der Waals surface area contributed by atoms with Crippen LogP contribution in [0.1, 0.15) is 23.2 Å². The molecule has 26 heavy (non-hydrogen) atoms. The number of amides is 1. The fraction of sp³-hybridized carbons (Fsp3) is 0.235. The van der Waals surface area contributed by atoms with Gasteiger partial charge in [0.2, 0.25) is 0 Å². The highest BCUT2D eigenvalue weighted by molar-refractivity contribution is 8.26. The highest BCUT2D eigenvalue weighted by Crippen LogP contribution is 2.35. The standard InChI is InChI=1S/C17H16ClN5O2S/c1-25-13-8-22-14(18)6-11(13)12-7-21-5-4-10(12)16(24)23-17(20)26-15(19)9-2-3-9/h4-9,19H,2-3H2,1H3,(H2,20,23,24). The topological polar surface area (TPSA) is 112 Å². The van der Waals surface area contributed by atoms with Crippen molar-refractivity contribution < 1.29 is 9.53 Å². The first-order valence-corrected chi connectivity index (χ1v) is 8.99. The first kappa shape index (κ1) is 18.3. The maximum atomic E-state index is 12.6. The molecule has 0 unspecified atom stereocenters. The number of nitrogens with one attached hydrogen (secondary N) is 3. The molecule has 7 nitrogen and oxygen atoms in total. The molecule has 1 saturated carbocycles. The third-order valence-electron chi connectivity index (χ3n) is 3.80. The summed E-state index contributed by atoms with van der Waals surface area (Å²) in [5.74, 6) is 0.229. The van der Waals surface area contributed by atoms with E-state index in [4.69, 9.17) is 27.2 Å². The molecule has 0 aromatic carbocycles.